The molecule has 0 unspecified atom stereocenters. The van der Waals surface area contributed by atoms with Crippen molar-refractivity contribution < 1.29 is 26.8 Å². The van der Waals surface area contributed by atoms with Gasteiger partial charge in [-0.25, -0.2) is 0 Å². The van der Waals surface area contributed by atoms with Crippen molar-refractivity contribution in [3.63, 3.8) is 0 Å². The number of aromatic hydroxyl groups is 1. The molecule has 1 nitrogen and oxygen atoms in total. The summed E-state index contributed by atoms with van der Waals surface area (Å²) in [5.74, 6) is 0.0565. The Morgan fingerprint density at radius 2 is 1.80 bits per heavy atom. The molecule has 4 heteroatoms. The molecular weight excluding hydrogens is 207 g/mol. The molecule has 0 spiro atoms. The molecule has 0 saturated carbocycles. The Kier molecular flexibility index (Phi) is 4.38. The van der Waals surface area contributed by atoms with Crippen molar-refractivity contribution in [1.82, 2.24) is 0 Å². The normalized spacial score (nSPS) is 8.60. The number of hydrogen-bond acceptors (Lipinski definition) is 1. The molecule has 1 N–H and O–H groups in total. The maximum absolute atomic E-state index is 8.85. The zero-order valence-electron chi connectivity index (χ0n) is 4.94. The number of phenols is 1. The second-order valence-corrected chi connectivity index (χ2v) is 2.44. The van der Waals surface area contributed by atoms with Crippen LogP contribution in [-0.4, -0.2) is 5.11 Å². The molecular formula is C6H4Cl2OTi. The van der Waals surface area contributed by atoms with Crippen molar-refractivity contribution in [1.29, 1.82) is 0 Å². The van der Waals surface area contributed by atoms with Crippen LogP contribution in [0.5, 0.6) is 5.75 Å². The van der Waals surface area contributed by atoms with Gasteiger partial charge >= 0.3 is 0 Å². The van der Waals surface area contributed by atoms with Gasteiger partial charge in [0, 0.05) is 26.7 Å². The van der Waals surface area contributed by atoms with Crippen LogP contribution in [0.2, 0.25) is 10.0 Å². The third kappa shape index (κ3) is 2.51. The standard InChI is InChI=1S/C6H4Cl2O.Ti/c7-4-1-2-6(9)5(8)3-4;/h1-3,9H;. The summed E-state index contributed by atoms with van der Waals surface area (Å²) >= 11 is 11.0. The number of hydrogen-bond donors (Lipinski definition) is 1. The van der Waals surface area contributed by atoms with Gasteiger partial charge in [0.25, 0.3) is 0 Å². The van der Waals surface area contributed by atoms with E-state index in [0.29, 0.717) is 5.02 Å². The van der Waals surface area contributed by atoms with Crippen LogP contribution in [-0.2, 0) is 21.7 Å². The molecule has 0 aliphatic heterocycles. The Morgan fingerprint density at radius 1 is 1.20 bits per heavy atom. The average molecular weight is 211 g/mol. The molecule has 0 heterocycles. The SMILES string of the molecule is Oc1ccc(Cl)cc1Cl.[Ti]. The summed E-state index contributed by atoms with van der Waals surface area (Å²) in [5.41, 5.74) is 0. The molecule has 1 aromatic carbocycles. The topological polar surface area (TPSA) is 20.2 Å². The van der Waals surface area contributed by atoms with Crippen LogP contribution in [0.1, 0.15) is 0 Å². The molecule has 0 amide bonds. The van der Waals surface area contributed by atoms with Crippen molar-refractivity contribution in [2.24, 2.45) is 0 Å². The van der Waals surface area contributed by atoms with Gasteiger partial charge < -0.3 is 5.11 Å². The maximum Gasteiger partial charge on any atom is 0.134 e. The van der Waals surface area contributed by atoms with Gasteiger partial charge in [0.2, 0.25) is 0 Å². The van der Waals surface area contributed by atoms with E-state index < -0.39 is 0 Å². The monoisotopic (exact) mass is 210 g/mol. The van der Waals surface area contributed by atoms with E-state index in [1.165, 1.54) is 12.1 Å². The molecule has 0 fully saturated rings. The predicted molar refractivity (Wildman–Crippen MR) is 38.1 cm³/mol. The van der Waals surface area contributed by atoms with Crippen LogP contribution >= 0.6 is 23.2 Å². The first-order valence-corrected chi connectivity index (χ1v) is 3.10. The number of phenolic OH excluding ortho intramolecular Hbond substituents is 1. The van der Waals surface area contributed by atoms with E-state index in [0.717, 1.165) is 0 Å². The van der Waals surface area contributed by atoms with Gasteiger partial charge in [0.05, 0.1) is 5.02 Å². The minimum Gasteiger partial charge on any atom is -0.506 e. The third-order valence-corrected chi connectivity index (χ3v) is 1.45. The van der Waals surface area contributed by atoms with Crippen LogP contribution in [0.3, 0.4) is 0 Å². The maximum atomic E-state index is 8.85. The molecule has 0 radical (unpaired) electrons. The van der Waals surface area contributed by atoms with E-state index in [4.69, 9.17) is 28.3 Å². The van der Waals surface area contributed by atoms with Gasteiger partial charge in [-0.1, -0.05) is 23.2 Å². The van der Waals surface area contributed by atoms with Crippen molar-refractivity contribution in [2.45, 2.75) is 0 Å². The summed E-state index contributed by atoms with van der Waals surface area (Å²) in [5, 5.41) is 9.66. The summed E-state index contributed by atoms with van der Waals surface area (Å²) in [6.45, 7) is 0. The van der Waals surface area contributed by atoms with Crippen LogP contribution in [0.15, 0.2) is 18.2 Å². The first-order chi connectivity index (χ1) is 4.20. The fourth-order valence-electron chi connectivity index (χ4n) is 0.481. The minimum absolute atomic E-state index is 0. The number of halogens is 2. The fraction of sp³-hybridized carbons (Fsp3) is 0. The smallest absolute Gasteiger partial charge is 0.134 e. The molecule has 0 aliphatic carbocycles. The van der Waals surface area contributed by atoms with Gasteiger partial charge in [0.15, 0.2) is 0 Å². The third-order valence-electron chi connectivity index (χ3n) is 0.910. The van der Waals surface area contributed by atoms with Gasteiger partial charge in [0.1, 0.15) is 5.75 Å². The Hall–Kier alpha value is 0.314. The van der Waals surface area contributed by atoms with E-state index in [1.807, 2.05) is 0 Å². The summed E-state index contributed by atoms with van der Waals surface area (Å²) < 4.78 is 0. The quantitative estimate of drug-likeness (QED) is 0.654. The van der Waals surface area contributed by atoms with Gasteiger partial charge in [-0.2, -0.15) is 0 Å². The molecule has 0 aliphatic rings. The Balaban J connectivity index is 0.000000810. The minimum atomic E-state index is 0. The van der Waals surface area contributed by atoms with Crippen LogP contribution in [0, 0.1) is 0 Å². The largest absolute Gasteiger partial charge is 0.506 e. The van der Waals surface area contributed by atoms with Crippen LogP contribution in [0.25, 0.3) is 0 Å². The Labute approximate surface area is 83.8 Å². The summed E-state index contributed by atoms with van der Waals surface area (Å²) in [6, 6.07) is 4.51. The summed E-state index contributed by atoms with van der Waals surface area (Å²) in [6.07, 6.45) is 0. The molecule has 52 valence electrons. The first-order valence-electron chi connectivity index (χ1n) is 2.34. The second-order valence-electron chi connectivity index (χ2n) is 1.60. The molecule has 0 aromatic heterocycles. The zero-order valence-corrected chi connectivity index (χ0v) is 8.01. The molecule has 0 bridgehead atoms. The van der Waals surface area contributed by atoms with Gasteiger partial charge in [-0.15, -0.1) is 0 Å². The molecule has 10 heavy (non-hydrogen) atoms. The second kappa shape index (κ2) is 4.25. The summed E-state index contributed by atoms with van der Waals surface area (Å²) in [7, 11) is 0. The van der Waals surface area contributed by atoms with E-state index >= 15 is 0 Å². The predicted octanol–water partition coefficient (Wildman–Crippen LogP) is 2.70. The van der Waals surface area contributed by atoms with Crippen LogP contribution < -0.4 is 0 Å². The van der Waals surface area contributed by atoms with Crippen LogP contribution in [0.4, 0.5) is 0 Å². The Morgan fingerprint density at radius 3 is 2.20 bits per heavy atom. The summed E-state index contributed by atoms with van der Waals surface area (Å²) in [4.78, 5) is 0. The van der Waals surface area contributed by atoms with E-state index in [-0.39, 0.29) is 32.5 Å². The first kappa shape index (κ1) is 10.3. The molecule has 0 atom stereocenters. The van der Waals surface area contributed by atoms with Crippen molar-refractivity contribution >= 4 is 23.2 Å². The van der Waals surface area contributed by atoms with Crippen molar-refractivity contribution in [3.8, 4) is 5.75 Å². The van der Waals surface area contributed by atoms with Crippen molar-refractivity contribution in [2.75, 3.05) is 0 Å². The molecule has 0 saturated heterocycles. The molecule has 1 aromatic rings. The Bertz CT molecular complexity index is 227. The fourth-order valence-corrected chi connectivity index (χ4v) is 0.890. The van der Waals surface area contributed by atoms with E-state index in [1.54, 1.807) is 6.07 Å². The molecule has 1 rings (SSSR count). The van der Waals surface area contributed by atoms with Gasteiger partial charge in [-0.05, 0) is 18.2 Å². The number of benzene rings is 1. The average Bonchev–Trinajstić information content (AvgIpc) is 1.80. The van der Waals surface area contributed by atoms with E-state index in [9.17, 15) is 0 Å². The van der Waals surface area contributed by atoms with E-state index in [2.05, 4.69) is 0 Å². The zero-order chi connectivity index (χ0) is 6.85. The van der Waals surface area contributed by atoms with Crippen molar-refractivity contribution in [3.05, 3.63) is 28.2 Å². The number of rotatable bonds is 0. The van der Waals surface area contributed by atoms with Gasteiger partial charge in [-0.3, -0.25) is 0 Å².